The van der Waals surface area contributed by atoms with Gasteiger partial charge in [0.05, 0.1) is 12.5 Å². The maximum absolute atomic E-state index is 11.7. The van der Waals surface area contributed by atoms with Crippen molar-refractivity contribution in [3.63, 3.8) is 0 Å². The van der Waals surface area contributed by atoms with Crippen LogP contribution in [0.25, 0.3) is 0 Å². The van der Waals surface area contributed by atoms with Crippen molar-refractivity contribution in [2.24, 2.45) is 5.92 Å². The first-order valence-electron chi connectivity index (χ1n) is 6.38. The van der Waals surface area contributed by atoms with Crippen LogP contribution in [-0.2, 0) is 9.59 Å². The van der Waals surface area contributed by atoms with E-state index in [0.717, 1.165) is 19.3 Å². The van der Waals surface area contributed by atoms with Gasteiger partial charge in [0.25, 0.3) is 0 Å². The van der Waals surface area contributed by atoms with Crippen molar-refractivity contribution >= 4 is 11.9 Å². The number of fused-ring (bicyclic) bond motifs is 2. The maximum atomic E-state index is 11.7. The Morgan fingerprint density at radius 2 is 2.18 bits per heavy atom. The number of aliphatic carboxylic acids is 1. The molecule has 96 valence electrons. The summed E-state index contributed by atoms with van der Waals surface area (Å²) < 4.78 is 0. The van der Waals surface area contributed by atoms with Crippen LogP contribution in [0, 0.1) is 5.92 Å². The van der Waals surface area contributed by atoms with E-state index >= 15 is 0 Å². The SMILES string of the molecule is CCCNC(=O)CN1C2CCC1C(C(=O)O)C2. The number of nitrogens with one attached hydrogen (secondary N) is 1. The zero-order valence-corrected chi connectivity index (χ0v) is 10.2. The second-order valence-corrected chi connectivity index (χ2v) is 5.00. The van der Waals surface area contributed by atoms with Crippen LogP contribution in [0.3, 0.4) is 0 Å². The topological polar surface area (TPSA) is 69.6 Å². The molecule has 3 unspecified atom stereocenters. The first kappa shape index (κ1) is 12.4. The van der Waals surface area contributed by atoms with E-state index in [0.29, 0.717) is 25.6 Å². The molecule has 5 heteroatoms. The Bertz CT molecular complexity index is 319. The molecule has 3 atom stereocenters. The lowest BCUT2D eigenvalue weighted by molar-refractivity contribution is -0.143. The minimum Gasteiger partial charge on any atom is -0.481 e. The third-order valence-corrected chi connectivity index (χ3v) is 3.90. The summed E-state index contributed by atoms with van der Waals surface area (Å²) in [7, 11) is 0. The largest absolute Gasteiger partial charge is 0.481 e. The van der Waals surface area contributed by atoms with Crippen molar-refractivity contribution < 1.29 is 14.7 Å². The Kier molecular flexibility index (Phi) is 3.66. The van der Waals surface area contributed by atoms with Gasteiger partial charge in [0.15, 0.2) is 0 Å². The molecule has 5 nitrogen and oxygen atoms in total. The average molecular weight is 240 g/mol. The Labute approximate surface area is 101 Å². The molecule has 0 aromatic heterocycles. The third kappa shape index (κ3) is 2.44. The molecule has 0 aromatic carbocycles. The number of hydrogen-bond acceptors (Lipinski definition) is 3. The molecular formula is C12H20N2O3. The van der Waals surface area contributed by atoms with Gasteiger partial charge < -0.3 is 10.4 Å². The predicted molar refractivity (Wildman–Crippen MR) is 62.6 cm³/mol. The number of rotatable bonds is 5. The van der Waals surface area contributed by atoms with Crippen molar-refractivity contribution in [3.8, 4) is 0 Å². The molecule has 1 amide bonds. The molecule has 2 bridgehead atoms. The fraction of sp³-hybridized carbons (Fsp3) is 0.833. The number of hydrogen-bond donors (Lipinski definition) is 2. The van der Waals surface area contributed by atoms with E-state index in [2.05, 4.69) is 10.2 Å². The molecule has 0 spiro atoms. The second kappa shape index (κ2) is 5.04. The summed E-state index contributed by atoms with van der Waals surface area (Å²) in [5.74, 6) is -0.960. The van der Waals surface area contributed by atoms with E-state index in [1.54, 1.807) is 0 Å². The molecule has 2 fully saturated rings. The summed E-state index contributed by atoms with van der Waals surface area (Å²) in [6.07, 6.45) is 3.59. The van der Waals surface area contributed by atoms with Crippen LogP contribution in [-0.4, -0.2) is 47.1 Å². The Morgan fingerprint density at radius 1 is 1.41 bits per heavy atom. The van der Waals surface area contributed by atoms with Gasteiger partial charge in [-0.15, -0.1) is 0 Å². The van der Waals surface area contributed by atoms with Crippen LogP contribution in [0.4, 0.5) is 0 Å². The van der Waals surface area contributed by atoms with Crippen molar-refractivity contribution in [2.75, 3.05) is 13.1 Å². The van der Waals surface area contributed by atoms with E-state index in [-0.39, 0.29) is 17.9 Å². The molecule has 0 radical (unpaired) electrons. The van der Waals surface area contributed by atoms with Gasteiger partial charge in [-0.05, 0) is 25.7 Å². The fourth-order valence-corrected chi connectivity index (χ4v) is 3.10. The summed E-state index contributed by atoms with van der Waals surface area (Å²) >= 11 is 0. The molecule has 0 aliphatic carbocycles. The van der Waals surface area contributed by atoms with Crippen LogP contribution in [0.1, 0.15) is 32.6 Å². The third-order valence-electron chi connectivity index (χ3n) is 3.90. The van der Waals surface area contributed by atoms with Crippen molar-refractivity contribution in [2.45, 2.75) is 44.7 Å². The van der Waals surface area contributed by atoms with Crippen LogP contribution >= 0.6 is 0 Å². The van der Waals surface area contributed by atoms with Gasteiger partial charge in [0, 0.05) is 18.6 Å². The van der Waals surface area contributed by atoms with Gasteiger partial charge in [0.2, 0.25) is 5.91 Å². The van der Waals surface area contributed by atoms with Crippen LogP contribution < -0.4 is 5.32 Å². The highest BCUT2D eigenvalue weighted by Gasteiger charge is 2.49. The quantitative estimate of drug-likeness (QED) is 0.732. The number of nitrogens with zero attached hydrogens (tertiary/aromatic N) is 1. The lowest BCUT2D eigenvalue weighted by Crippen LogP contribution is -2.41. The zero-order chi connectivity index (χ0) is 12.4. The smallest absolute Gasteiger partial charge is 0.308 e. The highest BCUT2D eigenvalue weighted by molar-refractivity contribution is 5.78. The second-order valence-electron chi connectivity index (χ2n) is 5.00. The van der Waals surface area contributed by atoms with Gasteiger partial charge in [-0.1, -0.05) is 6.92 Å². The molecule has 2 aliphatic heterocycles. The average Bonchev–Trinajstić information content (AvgIpc) is 2.83. The molecule has 2 heterocycles. The van der Waals surface area contributed by atoms with Gasteiger partial charge in [-0.3, -0.25) is 14.5 Å². The van der Waals surface area contributed by atoms with E-state index in [1.165, 1.54) is 0 Å². The van der Waals surface area contributed by atoms with Gasteiger partial charge in [-0.2, -0.15) is 0 Å². The summed E-state index contributed by atoms with van der Waals surface area (Å²) in [4.78, 5) is 24.8. The Hall–Kier alpha value is -1.10. The minimum absolute atomic E-state index is 0.0230. The maximum Gasteiger partial charge on any atom is 0.308 e. The summed E-state index contributed by atoms with van der Waals surface area (Å²) in [6, 6.07) is 0.373. The van der Waals surface area contributed by atoms with Crippen LogP contribution in [0.15, 0.2) is 0 Å². The molecule has 17 heavy (non-hydrogen) atoms. The summed E-state index contributed by atoms with van der Waals surface area (Å²) in [5.41, 5.74) is 0. The number of carbonyl (C=O) groups excluding carboxylic acids is 1. The molecule has 0 aromatic rings. The number of carboxylic acids is 1. The highest BCUT2D eigenvalue weighted by Crippen LogP contribution is 2.41. The molecule has 2 rings (SSSR count). The van der Waals surface area contributed by atoms with Crippen molar-refractivity contribution in [1.82, 2.24) is 10.2 Å². The normalized spacial score (nSPS) is 31.7. The Balaban J connectivity index is 1.90. The zero-order valence-electron chi connectivity index (χ0n) is 10.2. The highest BCUT2D eigenvalue weighted by atomic mass is 16.4. The first-order chi connectivity index (χ1) is 8.13. The lowest BCUT2D eigenvalue weighted by Gasteiger charge is -2.21. The van der Waals surface area contributed by atoms with Crippen molar-refractivity contribution in [1.29, 1.82) is 0 Å². The number of carbonyl (C=O) groups is 2. The Morgan fingerprint density at radius 3 is 2.76 bits per heavy atom. The minimum atomic E-state index is -0.712. The predicted octanol–water partition coefficient (Wildman–Crippen LogP) is 0.450. The van der Waals surface area contributed by atoms with Crippen LogP contribution in [0.2, 0.25) is 0 Å². The molecule has 0 saturated carbocycles. The van der Waals surface area contributed by atoms with E-state index < -0.39 is 5.97 Å². The number of carboxylic acid groups (broad SMARTS) is 1. The molecule has 2 aliphatic rings. The first-order valence-corrected chi connectivity index (χ1v) is 6.38. The lowest BCUT2D eigenvalue weighted by atomic mass is 9.89. The monoisotopic (exact) mass is 240 g/mol. The van der Waals surface area contributed by atoms with E-state index in [9.17, 15) is 9.59 Å². The van der Waals surface area contributed by atoms with Crippen molar-refractivity contribution in [3.05, 3.63) is 0 Å². The summed E-state index contributed by atoms with van der Waals surface area (Å²) in [5, 5.41) is 11.9. The van der Waals surface area contributed by atoms with E-state index in [4.69, 9.17) is 5.11 Å². The fourth-order valence-electron chi connectivity index (χ4n) is 3.10. The summed E-state index contributed by atoms with van der Waals surface area (Å²) in [6.45, 7) is 3.07. The van der Waals surface area contributed by atoms with Gasteiger partial charge in [-0.25, -0.2) is 0 Å². The van der Waals surface area contributed by atoms with E-state index in [1.807, 2.05) is 6.92 Å². The number of amides is 1. The van der Waals surface area contributed by atoms with Gasteiger partial charge in [0.1, 0.15) is 0 Å². The van der Waals surface area contributed by atoms with Gasteiger partial charge >= 0.3 is 5.97 Å². The standard InChI is InChI=1S/C12H20N2O3/c1-2-5-13-11(15)7-14-8-3-4-10(14)9(6-8)12(16)17/h8-10H,2-7H2,1H3,(H,13,15)(H,16,17). The molecule has 2 saturated heterocycles. The molecular weight excluding hydrogens is 220 g/mol. The molecule has 2 N–H and O–H groups in total. The van der Waals surface area contributed by atoms with Crippen LogP contribution in [0.5, 0.6) is 0 Å².